The van der Waals surface area contributed by atoms with E-state index in [0.717, 1.165) is 44.6 Å². The number of hydrogen-bond donors (Lipinski definition) is 1. The number of hydrogen-bond acceptors (Lipinski definition) is 5. The van der Waals surface area contributed by atoms with Crippen LogP contribution in [0.5, 0.6) is 11.5 Å². The van der Waals surface area contributed by atoms with Crippen molar-refractivity contribution in [2.75, 3.05) is 18.6 Å². The second kappa shape index (κ2) is 7.36. The van der Waals surface area contributed by atoms with Crippen molar-refractivity contribution in [3.8, 4) is 22.8 Å². The second-order valence-corrected chi connectivity index (χ2v) is 6.94. The molecule has 0 unspecified atom stereocenters. The molecular weight excluding hydrogens is 364 g/mol. The maximum absolute atomic E-state index is 6.20. The largest absolute Gasteiger partial charge is 0.486 e. The lowest BCUT2D eigenvalue weighted by Crippen LogP contribution is -2.15. The molecule has 0 saturated carbocycles. The lowest BCUT2D eigenvalue weighted by atomic mass is 10.1. The van der Waals surface area contributed by atoms with Gasteiger partial charge in [-0.15, -0.1) is 0 Å². The summed E-state index contributed by atoms with van der Waals surface area (Å²) in [5.74, 6) is 2.20. The van der Waals surface area contributed by atoms with Crippen molar-refractivity contribution < 1.29 is 13.9 Å². The van der Waals surface area contributed by atoms with Crippen LogP contribution in [-0.2, 0) is 0 Å². The molecule has 3 aromatic carbocycles. The van der Waals surface area contributed by atoms with E-state index in [-0.39, 0.29) is 0 Å². The lowest BCUT2D eigenvalue weighted by molar-refractivity contribution is 0.171. The Labute approximate surface area is 168 Å². The molecule has 1 N–H and O–H groups in total. The Morgan fingerprint density at radius 2 is 1.66 bits per heavy atom. The smallest absolute Gasteiger partial charge is 0.162 e. The van der Waals surface area contributed by atoms with E-state index in [1.165, 1.54) is 0 Å². The fraction of sp³-hybridized carbons (Fsp3) is 0.125. The van der Waals surface area contributed by atoms with Gasteiger partial charge in [0, 0.05) is 17.0 Å². The molecule has 5 nitrogen and oxygen atoms in total. The van der Waals surface area contributed by atoms with Crippen LogP contribution in [0.15, 0.2) is 82.3 Å². The highest BCUT2D eigenvalue weighted by molar-refractivity contribution is 5.79. The van der Waals surface area contributed by atoms with Gasteiger partial charge in [-0.25, -0.2) is 0 Å². The van der Waals surface area contributed by atoms with Crippen LogP contribution in [0, 0.1) is 6.92 Å². The molecule has 0 saturated heterocycles. The summed E-state index contributed by atoms with van der Waals surface area (Å²) in [6.07, 6.45) is 0. The van der Waals surface area contributed by atoms with Crippen molar-refractivity contribution in [2.24, 2.45) is 5.10 Å². The van der Waals surface area contributed by atoms with Gasteiger partial charge in [-0.2, -0.15) is 5.10 Å². The van der Waals surface area contributed by atoms with Crippen LogP contribution in [0.2, 0.25) is 0 Å². The third-order valence-electron chi connectivity index (χ3n) is 4.80. The van der Waals surface area contributed by atoms with Crippen LogP contribution < -0.4 is 20.3 Å². The average Bonchev–Trinajstić information content (AvgIpc) is 2.78. The zero-order valence-electron chi connectivity index (χ0n) is 16.0. The normalized spacial score (nSPS) is 13.5. The molecular formula is C24H20N2O3. The SMILES string of the molecule is Cc1ccc2oc(-c3ccc4c(c3)OCCO4)c/c(=N\Nc3ccccc3)c2c1. The summed E-state index contributed by atoms with van der Waals surface area (Å²) in [7, 11) is 0. The van der Waals surface area contributed by atoms with Gasteiger partial charge in [-0.3, -0.25) is 5.43 Å². The third kappa shape index (κ3) is 3.55. The molecule has 144 valence electrons. The van der Waals surface area contributed by atoms with Crippen molar-refractivity contribution in [1.29, 1.82) is 0 Å². The summed E-state index contributed by atoms with van der Waals surface area (Å²) < 4.78 is 17.5. The molecule has 0 spiro atoms. The first-order chi connectivity index (χ1) is 14.3. The maximum Gasteiger partial charge on any atom is 0.162 e. The van der Waals surface area contributed by atoms with Crippen molar-refractivity contribution in [3.05, 3.63) is 83.7 Å². The molecule has 0 fully saturated rings. The minimum absolute atomic E-state index is 0.548. The van der Waals surface area contributed by atoms with Gasteiger partial charge >= 0.3 is 0 Å². The van der Waals surface area contributed by atoms with E-state index in [0.29, 0.717) is 19.0 Å². The highest BCUT2D eigenvalue weighted by Crippen LogP contribution is 2.34. The van der Waals surface area contributed by atoms with E-state index in [4.69, 9.17) is 13.9 Å². The summed E-state index contributed by atoms with van der Waals surface area (Å²) >= 11 is 0. The number of nitrogens with one attached hydrogen (secondary N) is 1. The van der Waals surface area contributed by atoms with Crippen molar-refractivity contribution >= 4 is 16.7 Å². The van der Waals surface area contributed by atoms with Gasteiger partial charge in [0.05, 0.1) is 11.0 Å². The number of fused-ring (bicyclic) bond motifs is 2. The van der Waals surface area contributed by atoms with Gasteiger partial charge in [0.1, 0.15) is 24.6 Å². The Balaban J connectivity index is 1.64. The third-order valence-corrected chi connectivity index (χ3v) is 4.80. The molecule has 0 radical (unpaired) electrons. The molecule has 0 bridgehead atoms. The Hall–Kier alpha value is -3.73. The number of rotatable bonds is 3. The summed E-state index contributed by atoms with van der Waals surface area (Å²) in [6.45, 7) is 3.18. The topological polar surface area (TPSA) is 56.0 Å². The van der Waals surface area contributed by atoms with Crippen LogP contribution in [0.4, 0.5) is 5.69 Å². The number of ether oxygens (including phenoxy) is 2. The number of aryl methyl sites for hydroxylation is 1. The van der Waals surface area contributed by atoms with Gasteiger partial charge in [-0.1, -0.05) is 29.8 Å². The molecule has 5 heteroatoms. The average molecular weight is 384 g/mol. The number of para-hydroxylation sites is 1. The quantitative estimate of drug-likeness (QED) is 0.499. The number of benzene rings is 3. The second-order valence-electron chi connectivity index (χ2n) is 6.94. The molecule has 0 amide bonds. The van der Waals surface area contributed by atoms with E-state index in [9.17, 15) is 0 Å². The predicted octanol–water partition coefficient (Wildman–Crippen LogP) is 5.11. The van der Waals surface area contributed by atoms with E-state index in [1.807, 2.05) is 66.7 Å². The number of nitrogens with zero attached hydrogens (tertiary/aromatic N) is 1. The van der Waals surface area contributed by atoms with Crippen LogP contribution in [0.25, 0.3) is 22.3 Å². The van der Waals surface area contributed by atoms with Crippen LogP contribution in [0.1, 0.15) is 5.56 Å². The zero-order chi connectivity index (χ0) is 19.6. The first kappa shape index (κ1) is 17.4. The van der Waals surface area contributed by atoms with Crippen molar-refractivity contribution in [2.45, 2.75) is 6.92 Å². The monoisotopic (exact) mass is 384 g/mol. The minimum atomic E-state index is 0.548. The fourth-order valence-corrected chi connectivity index (χ4v) is 3.35. The Bertz CT molecular complexity index is 1250. The predicted molar refractivity (Wildman–Crippen MR) is 113 cm³/mol. The Kier molecular flexibility index (Phi) is 4.41. The minimum Gasteiger partial charge on any atom is -0.486 e. The van der Waals surface area contributed by atoms with Gasteiger partial charge in [-0.05, 0) is 49.4 Å². The highest BCUT2D eigenvalue weighted by Gasteiger charge is 2.14. The van der Waals surface area contributed by atoms with Gasteiger partial charge in [0.15, 0.2) is 11.5 Å². The summed E-state index contributed by atoms with van der Waals surface area (Å²) in [4.78, 5) is 0. The van der Waals surface area contributed by atoms with Crippen LogP contribution >= 0.6 is 0 Å². The van der Waals surface area contributed by atoms with Crippen molar-refractivity contribution in [1.82, 2.24) is 0 Å². The molecule has 5 rings (SSSR count). The van der Waals surface area contributed by atoms with Crippen LogP contribution in [-0.4, -0.2) is 13.2 Å². The molecule has 4 aromatic rings. The summed E-state index contributed by atoms with van der Waals surface area (Å²) in [5, 5.41) is 6.42. The Morgan fingerprint density at radius 3 is 2.52 bits per heavy atom. The van der Waals surface area contributed by atoms with Gasteiger partial charge < -0.3 is 13.9 Å². The first-order valence-electron chi connectivity index (χ1n) is 9.56. The zero-order valence-corrected chi connectivity index (χ0v) is 16.0. The standard InChI is InChI=1S/C24H20N2O3/c1-16-7-9-21-19(13-16)20(26-25-18-5-3-2-4-6-18)15-23(29-21)17-8-10-22-24(14-17)28-12-11-27-22/h2-10,13-15,25H,11-12H2,1H3/b26-20+. The maximum atomic E-state index is 6.20. The highest BCUT2D eigenvalue weighted by atomic mass is 16.6. The van der Waals surface area contributed by atoms with Gasteiger partial charge in [0.2, 0.25) is 0 Å². The molecule has 0 atom stereocenters. The van der Waals surface area contributed by atoms with E-state index in [2.05, 4.69) is 23.5 Å². The molecule has 0 aliphatic carbocycles. The van der Waals surface area contributed by atoms with Gasteiger partial charge in [0.25, 0.3) is 0 Å². The fourth-order valence-electron chi connectivity index (χ4n) is 3.35. The Morgan fingerprint density at radius 1 is 0.828 bits per heavy atom. The van der Waals surface area contributed by atoms with Crippen LogP contribution in [0.3, 0.4) is 0 Å². The molecule has 29 heavy (non-hydrogen) atoms. The van der Waals surface area contributed by atoms with E-state index < -0.39 is 0 Å². The van der Waals surface area contributed by atoms with E-state index in [1.54, 1.807) is 0 Å². The summed E-state index contributed by atoms with van der Waals surface area (Å²) in [6, 6.07) is 23.8. The molecule has 1 aliphatic rings. The molecule has 1 aromatic heterocycles. The number of anilines is 1. The molecule has 1 aliphatic heterocycles. The summed E-state index contributed by atoms with van der Waals surface area (Å²) in [5.41, 5.74) is 6.90. The molecule has 2 heterocycles. The first-order valence-corrected chi connectivity index (χ1v) is 9.56. The lowest BCUT2D eigenvalue weighted by Gasteiger charge is -2.18. The van der Waals surface area contributed by atoms with Crippen molar-refractivity contribution in [3.63, 3.8) is 0 Å². The van der Waals surface area contributed by atoms with E-state index >= 15 is 0 Å².